The molecule has 2 aromatic rings. The summed E-state index contributed by atoms with van der Waals surface area (Å²) in [5.41, 5.74) is 1.55. The minimum absolute atomic E-state index is 0.0285. The van der Waals surface area contributed by atoms with Gasteiger partial charge in [0.1, 0.15) is 24.4 Å². The van der Waals surface area contributed by atoms with Crippen LogP contribution in [0.2, 0.25) is 0 Å². The number of hydrogen-bond acceptors (Lipinski definition) is 11. The molecular weight excluding hydrogens is 440 g/mol. The van der Waals surface area contributed by atoms with Crippen LogP contribution < -0.4 is 9.47 Å². The summed E-state index contributed by atoms with van der Waals surface area (Å²) in [4.78, 5) is 12.0. The number of hydrogen-bond donors (Lipinski definition) is 5. The third kappa shape index (κ3) is 5.24. The van der Waals surface area contributed by atoms with Crippen molar-refractivity contribution in [3.05, 3.63) is 23.5 Å². The minimum atomic E-state index is -1.64. The van der Waals surface area contributed by atoms with Crippen molar-refractivity contribution in [2.45, 2.75) is 56.9 Å². The Bertz CT molecular complexity index is 938. The predicted octanol–water partition coefficient (Wildman–Crippen LogP) is -0.349. The second-order valence-corrected chi connectivity index (χ2v) is 7.63. The van der Waals surface area contributed by atoms with Gasteiger partial charge in [0.2, 0.25) is 12.0 Å². The zero-order valence-corrected chi connectivity index (χ0v) is 18.5. The number of rotatable bonds is 10. The molecule has 5 N–H and O–H groups in total. The molecule has 33 heavy (non-hydrogen) atoms. The summed E-state index contributed by atoms with van der Waals surface area (Å²) in [5.74, 6) is -0.158. The molecule has 184 valence electrons. The summed E-state index contributed by atoms with van der Waals surface area (Å²) in [5, 5.41) is 50.0. The maximum atomic E-state index is 12.0. The Labute approximate surface area is 190 Å². The van der Waals surface area contributed by atoms with Crippen molar-refractivity contribution in [2.24, 2.45) is 0 Å². The third-order valence-electron chi connectivity index (χ3n) is 5.50. The first-order valence-corrected chi connectivity index (χ1v) is 10.7. The molecule has 0 aliphatic carbocycles. The molecule has 0 spiro atoms. The number of aliphatic hydroxyl groups is 5. The number of fused-ring (bicyclic) bond motifs is 1. The normalized spacial score (nSPS) is 25.2. The fraction of sp³-hybridized carbons (Fsp3) is 0.591. The molecule has 0 saturated carbocycles. The monoisotopic (exact) mass is 470 g/mol. The highest BCUT2D eigenvalue weighted by Gasteiger charge is 2.45. The van der Waals surface area contributed by atoms with Gasteiger partial charge >= 0.3 is 5.97 Å². The number of carbonyl (C=O) groups is 1. The van der Waals surface area contributed by atoms with E-state index in [1.165, 1.54) is 13.4 Å². The molecule has 1 saturated heterocycles. The Balaban J connectivity index is 2.03. The first kappa shape index (κ1) is 25.2. The van der Waals surface area contributed by atoms with Crippen LogP contribution in [0.3, 0.4) is 0 Å². The van der Waals surface area contributed by atoms with Gasteiger partial charge in [-0.2, -0.15) is 0 Å². The number of methoxy groups -OCH3 is 1. The molecule has 5 atom stereocenters. The van der Waals surface area contributed by atoms with E-state index in [9.17, 15) is 30.3 Å². The molecule has 1 aromatic carbocycles. The lowest BCUT2D eigenvalue weighted by molar-refractivity contribution is -0.277. The summed E-state index contributed by atoms with van der Waals surface area (Å²) in [7, 11) is 1.39. The SMILES string of the molecule is CCOC(=O)CCc1cc2c(CCO)coc2c(OC)c1O[C@@H]1O[C@H](CO)[C@@H](O)[C@H](O)[C@H]1O. The van der Waals surface area contributed by atoms with E-state index in [1.54, 1.807) is 13.0 Å². The van der Waals surface area contributed by atoms with Crippen LogP contribution in [0, 0.1) is 0 Å². The molecule has 1 aliphatic rings. The average molecular weight is 470 g/mol. The highest BCUT2D eigenvalue weighted by atomic mass is 16.7. The molecule has 1 aromatic heterocycles. The highest BCUT2D eigenvalue weighted by Crippen LogP contribution is 2.43. The van der Waals surface area contributed by atoms with Crippen LogP contribution >= 0.6 is 0 Å². The molecule has 11 nitrogen and oxygen atoms in total. The largest absolute Gasteiger partial charge is 0.490 e. The van der Waals surface area contributed by atoms with Crippen molar-refractivity contribution in [2.75, 3.05) is 26.9 Å². The lowest BCUT2D eigenvalue weighted by atomic mass is 9.99. The zero-order chi connectivity index (χ0) is 24.1. The second kappa shape index (κ2) is 11.1. The van der Waals surface area contributed by atoms with E-state index < -0.39 is 43.3 Å². The topological polar surface area (TPSA) is 168 Å². The van der Waals surface area contributed by atoms with Crippen LogP contribution in [-0.4, -0.2) is 89.1 Å². The van der Waals surface area contributed by atoms with Gasteiger partial charge < -0.3 is 48.9 Å². The number of aryl methyl sites for hydroxylation is 1. The number of benzene rings is 1. The van der Waals surface area contributed by atoms with E-state index in [2.05, 4.69) is 0 Å². The second-order valence-electron chi connectivity index (χ2n) is 7.63. The fourth-order valence-electron chi connectivity index (χ4n) is 3.79. The molecule has 2 heterocycles. The first-order valence-electron chi connectivity index (χ1n) is 10.7. The maximum Gasteiger partial charge on any atom is 0.306 e. The minimum Gasteiger partial charge on any atom is -0.490 e. The number of aliphatic hydroxyl groups excluding tert-OH is 5. The van der Waals surface area contributed by atoms with Gasteiger partial charge in [0, 0.05) is 24.0 Å². The van der Waals surface area contributed by atoms with Crippen molar-refractivity contribution in [3.8, 4) is 11.5 Å². The Morgan fingerprint density at radius 3 is 2.45 bits per heavy atom. The van der Waals surface area contributed by atoms with Gasteiger partial charge in [-0.05, 0) is 31.4 Å². The molecule has 0 unspecified atom stereocenters. The van der Waals surface area contributed by atoms with Gasteiger partial charge in [-0.25, -0.2) is 0 Å². The molecule has 1 aliphatic heterocycles. The first-order chi connectivity index (χ1) is 15.9. The third-order valence-corrected chi connectivity index (χ3v) is 5.50. The Morgan fingerprint density at radius 1 is 1.06 bits per heavy atom. The molecule has 0 amide bonds. The lowest BCUT2D eigenvalue weighted by Gasteiger charge is -2.39. The highest BCUT2D eigenvalue weighted by molar-refractivity contribution is 5.90. The van der Waals surface area contributed by atoms with Crippen LogP contribution in [0.5, 0.6) is 11.5 Å². The van der Waals surface area contributed by atoms with Crippen LogP contribution in [0.25, 0.3) is 11.0 Å². The quantitative estimate of drug-likeness (QED) is 0.288. The van der Waals surface area contributed by atoms with Gasteiger partial charge in [0.15, 0.2) is 11.3 Å². The van der Waals surface area contributed by atoms with E-state index in [1.807, 2.05) is 0 Å². The average Bonchev–Trinajstić information content (AvgIpc) is 3.20. The van der Waals surface area contributed by atoms with Gasteiger partial charge in [0.25, 0.3) is 0 Å². The summed E-state index contributed by atoms with van der Waals surface area (Å²) < 4.78 is 27.5. The van der Waals surface area contributed by atoms with Crippen LogP contribution in [0.4, 0.5) is 0 Å². The summed E-state index contributed by atoms with van der Waals surface area (Å²) in [6.45, 7) is 1.22. The van der Waals surface area contributed by atoms with E-state index in [-0.39, 0.29) is 37.6 Å². The van der Waals surface area contributed by atoms with E-state index >= 15 is 0 Å². The summed E-state index contributed by atoms with van der Waals surface area (Å²) >= 11 is 0. The standard InChI is InChI=1S/C22H30O11/c1-3-30-15(25)5-4-11-8-13-12(6-7-23)10-31-20(13)21(29-2)19(11)33-22-18(28)17(27)16(26)14(9-24)32-22/h8,10,14,16-18,22-24,26-28H,3-7,9H2,1-2H3/t14-,16-,17+,18-,22+/m1/s1. The smallest absolute Gasteiger partial charge is 0.306 e. The molecule has 3 rings (SSSR count). The van der Waals surface area contributed by atoms with E-state index in [0.29, 0.717) is 23.0 Å². The van der Waals surface area contributed by atoms with E-state index in [4.69, 9.17) is 23.4 Å². The fourth-order valence-corrected chi connectivity index (χ4v) is 3.79. The van der Waals surface area contributed by atoms with Crippen LogP contribution in [-0.2, 0) is 27.1 Å². The van der Waals surface area contributed by atoms with E-state index in [0.717, 1.165) is 5.56 Å². The van der Waals surface area contributed by atoms with Crippen molar-refractivity contribution in [3.63, 3.8) is 0 Å². The van der Waals surface area contributed by atoms with Crippen LogP contribution in [0.15, 0.2) is 16.7 Å². The lowest BCUT2D eigenvalue weighted by Crippen LogP contribution is -2.60. The number of furan rings is 1. The predicted molar refractivity (Wildman–Crippen MR) is 113 cm³/mol. The van der Waals surface area contributed by atoms with Crippen molar-refractivity contribution in [1.82, 2.24) is 0 Å². The molecule has 0 radical (unpaired) electrons. The molecule has 1 fully saturated rings. The van der Waals surface area contributed by atoms with Gasteiger partial charge in [-0.3, -0.25) is 4.79 Å². The zero-order valence-electron chi connectivity index (χ0n) is 18.5. The number of carbonyl (C=O) groups excluding carboxylic acids is 1. The van der Waals surface area contributed by atoms with Crippen molar-refractivity contribution in [1.29, 1.82) is 0 Å². The molecule has 0 bridgehead atoms. The summed E-state index contributed by atoms with van der Waals surface area (Å²) in [6, 6.07) is 1.73. The summed E-state index contributed by atoms with van der Waals surface area (Å²) in [6.07, 6.45) is -5.39. The van der Waals surface area contributed by atoms with Crippen molar-refractivity contribution < 1.29 is 53.7 Å². The molecular formula is C22H30O11. The maximum absolute atomic E-state index is 12.0. The van der Waals surface area contributed by atoms with Gasteiger partial charge in [-0.15, -0.1) is 0 Å². The number of esters is 1. The Kier molecular flexibility index (Phi) is 8.51. The van der Waals surface area contributed by atoms with Gasteiger partial charge in [0.05, 0.1) is 26.6 Å². The number of ether oxygens (including phenoxy) is 4. The molecule has 11 heteroatoms. The van der Waals surface area contributed by atoms with Gasteiger partial charge in [-0.1, -0.05) is 0 Å². The Morgan fingerprint density at radius 2 is 1.82 bits per heavy atom. The van der Waals surface area contributed by atoms with Crippen LogP contribution in [0.1, 0.15) is 24.5 Å². The Hall–Kier alpha value is -2.41. The van der Waals surface area contributed by atoms with Crippen molar-refractivity contribution >= 4 is 16.9 Å².